The number of hydrogen-bond acceptors (Lipinski definition) is 4. The number of carbonyl (C=O) groups excluding carboxylic acids is 2. The lowest BCUT2D eigenvalue weighted by molar-refractivity contribution is -0.117. The SMILES string of the molecule is N#C[C@@H]1CCCC[C@@H]1OC(=O)c1cc(N2CCCC2=O)ccc1F. The molecule has 1 aromatic rings. The quantitative estimate of drug-likeness (QED) is 0.798. The third-order valence-electron chi connectivity index (χ3n) is 4.68. The number of halogens is 1. The largest absolute Gasteiger partial charge is 0.457 e. The maximum Gasteiger partial charge on any atom is 0.341 e. The number of nitrogens with zero attached hydrogens (tertiary/aromatic N) is 2. The van der Waals surface area contributed by atoms with Gasteiger partial charge in [0, 0.05) is 18.7 Å². The average molecular weight is 330 g/mol. The highest BCUT2D eigenvalue weighted by Crippen LogP contribution is 2.29. The number of rotatable bonds is 3. The number of hydrogen-bond donors (Lipinski definition) is 0. The van der Waals surface area contributed by atoms with Gasteiger partial charge in [-0.1, -0.05) is 6.42 Å². The summed E-state index contributed by atoms with van der Waals surface area (Å²) in [7, 11) is 0. The van der Waals surface area contributed by atoms with E-state index in [4.69, 9.17) is 10.00 Å². The highest BCUT2D eigenvalue weighted by molar-refractivity contribution is 5.97. The van der Waals surface area contributed by atoms with Crippen molar-refractivity contribution < 1.29 is 18.7 Å². The lowest BCUT2D eigenvalue weighted by Gasteiger charge is -2.26. The van der Waals surface area contributed by atoms with Crippen LogP contribution in [0.4, 0.5) is 10.1 Å². The second kappa shape index (κ2) is 7.00. The fraction of sp³-hybridized carbons (Fsp3) is 0.500. The molecule has 0 radical (unpaired) electrons. The summed E-state index contributed by atoms with van der Waals surface area (Å²) in [6.07, 6.45) is 3.86. The molecule has 0 aromatic heterocycles. The first kappa shape index (κ1) is 16.4. The molecular weight excluding hydrogens is 311 g/mol. The number of nitriles is 1. The number of benzene rings is 1. The first-order chi connectivity index (χ1) is 11.6. The molecule has 0 unspecified atom stereocenters. The van der Waals surface area contributed by atoms with Crippen molar-refractivity contribution >= 4 is 17.6 Å². The Morgan fingerprint density at radius 3 is 2.79 bits per heavy atom. The van der Waals surface area contributed by atoms with Crippen LogP contribution in [-0.4, -0.2) is 24.5 Å². The van der Waals surface area contributed by atoms with Crippen LogP contribution in [-0.2, 0) is 9.53 Å². The molecule has 1 saturated heterocycles. The second-order valence-corrected chi connectivity index (χ2v) is 6.28. The lowest BCUT2D eigenvalue weighted by atomic mass is 9.87. The fourth-order valence-electron chi connectivity index (χ4n) is 3.35. The molecule has 2 fully saturated rings. The van der Waals surface area contributed by atoms with Crippen LogP contribution in [0, 0.1) is 23.1 Å². The van der Waals surface area contributed by atoms with Gasteiger partial charge in [-0.05, 0) is 43.9 Å². The van der Waals surface area contributed by atoms with E-state index in [1.54, 1.807) is 4.90 Å². The van der Waals surface area contributed by atoms with Crippen LogP contribution in [0.5, 0.6) is 0 Å². The van der Waals surface area contributed by atoms with Crippen LogP contribution in [0.25, 0.3) is 0 Å². The van der Waals surface area contributed by atoms with Crippen molar-refractivity contribution in [1.82, 2.24) is 0 Å². The second-order valence-electron chi connectivity index (χ2n) is 6.28. The van der Waals surface area contributed by atoms with E-state index >= 15 is 0 Å². The van der Waals surface area contributed by atoms with Gasteiger partial charge in [-0.2, -0.15) is 5.26 Å². The smallest absolute Gasteiger partial charge is 0.341 e. The standard InChI is InChI=1S/C18H19FN2O3/c19-15-8-7-13(21-9-3-6-17(21)22)10-14(15)18(23)24-16-5-2-1-4-12(16)11-20/h7-8,10,12,16H,1-6,9H2/t12-,16-/m0/s1. The Hall–Kier alpha value is -2.42. The summed E-state index contributed by atoms with van der Waals surface area (Å²) in [6, 6.07) is 6.20. The predicted molar refractivity (Wildman–Crippen MR) is 84.8 cm³/mol. The van der Waals surface area contributed by atoms with Crippen molar-refractivity contribution in [2.75, 3.05) is 11.4 Å². The Balaban J connectivity index is 1.79. The van der Waals surface area contributed by atoms with Gasteiger partial charge in [0.05, 0.1) is 17.6 Å². The molecule has 0 bridgehead atoms. The van der Waals surface area contributed by atoms with Crippen molar-refractivity contribution in [2.45, 2.75) is 44.6 Å². The van der Waals surface area contributed by atoms with Crippen LogP contribution in [0.15, 0.2) is 18.2 Å². The van der Waals surface area contributed by atoms with E-state index in [0.29, 0.717) is 31.5 Å². The molecule has 0 N–H and O–H groups in total. The summed E-state index contributed by atoms with van der Waals surface area (Å²) in [5, 5.41) is 9.16. The van der Waals surface area contributed by atoms with Gasteiger partial charge in [-0.3, -0.25) is 4.79 Å². The summed E-state index contributed by atoms with van der Waals surface area (Å²) in [4.78, 5) is 25.7. The van der Waals surface area contributed by atoms with Crippen LogP contribution >= 0.6 is 0 Å². The lowest BCUT2D eigenvalue weighted by Crippen LogP contribution is -2.30. The molecule has 1 heterocycles. The minimum atomic E-state index is -0.770. The van der Waals surface area contributed by atoms with Gasteiger partial charge in [-0.25, -0.2) is 9.18 Å². The Bertz CT molecular complexity index is 698. The molecule has 1 aliphatic carbocycles. The number of ether oxygens (including phenoxy) is 1. The van der Waals surface area contributed by atoms with Gasteiger partial charge in [0.25, 0.3) is 0 Å². The van der Waals surface area contributed by atoms with Crippen molar-refractivity contribution in [3.8, 4) is 6.07 Å². The Morgan fingerprint density at radius 1 is 1.29 bits per heavy atom. The monoisotopic (exact) mass is 330 g/mol. The molecule has 2 aliphatic rings. The van der Waals surface area contributed by atoms with E-state index < -0.39 is 17.9 Å². The molecule has 1 aliphatic heterocycles. The zero-order valence-electron chi connectivity index (χ0n) is 13.3. The summed E-state index contributed by atoms with van der Waals surface area (Å²) in [5.74, 6) is -1.82. The van der Waals surface area contributed by atoms with Gasteiger partial charge in [0.2, 0.25) is 5.91 Å². The fourth-order valence-corrected chi connectivity index (χ4v) is 3.35. The highest BCUT2D eigenvalue weighted by atomic mass is 19.1. The van der Waals surface area contributed by atoms with Gasteiger partial charge >= 0.3 is 5.97 Å². The minimum absolute atomic E-state index is 0.0299. The zero-order valence-corrected chi connectivity index (χ0v) is 13.3. The molecule has 2 atom stereocenters. The number of amides is 1. The minimum Gasteiger partial charge on any atom is -0.457 e. The number of esters is 1. The van der Waals surface area contributed by atoms with Gasteiger partial charge in [0.15, 0.2) is 0 Å². The first-order valence-corrected chi connectivity index (χ1v) is 8.30. The number of carbonyl (C=O) groups is 2. The molecule has 6 heteroatoms. The summed E-state index contributed by atoms with van der Waals surface area (Å²) < 4.78 is 19.5. The van der Waals surface area contributed by atoms with E-state index in [0.717, 1.165) is 19.3 Å². The molecule has 3 rings (SSSR count). The van der Waals surface area contributed by atoms with E-state index in [1.807, 2.05) is 0 Å². The van der Waals surface area contributed by atoms with E-state index in [2.05, 4.69) is 6.07 Å². The van der Waals surface area contributed by atoms with Crippen molar-refractivity contribution in [1.29, 1.82) is 5.26 Å². The van der Waals surface area contributed by atoms with E-state index in [1.165, 1.54) is 18.2 Å². The normalized spacial score (nSPS) is 23.8. The predicted octanol–water partition coefficient (Wildman–Crippen LogP) is 3.19. The van der Waals surface area contributed by atoms with E-state index in [9.17, 15) is 14.0 Å². The third-order valence-corrected chi connectivity index (χ3v) is 4.68. The summed E-state index contributed by atoms with van der Waals surface area (Å²) in [5.41, 5.74) is 0.320. The van der Waals surface area contributed by atoms with Gasteiger partial charge in [-0.15, -0.1) is 0 Å². The third kappa shape index (κ3) is 3.25. The first-order valence-electron chi connectivity index (χ1n) is 8.30. The molecule has 1 amide bonds. The maximum atomic E-state index is 14.1. The van der Waals surface area contributed by atoms with Crippen LogP contribution in [0.3, 0.4) is 0 Å². The molecule has 1 aromatic carbocycles. The van der Waals surface area contributed by atoms with Gasteiger partial charge < -0.3 is 9.64 Å². The average Bonchev–Trinajstić information content (AvgIpc) is 3.02. The van der Waals surface area contributed by atoms with Crippen molar-refractivity contribution in [3.05, 3.63) is 29.6 Å². The molecule has 5 nitrogen and oxygen atoms in total. The Morgan fingerprint density at radius 2 is 2.08 bits per heavy atom. The van der Waals surface area contributed by atoms with Crippen LogP contribution < -0.4 is 4.90 Å². The zero-order chi connectivity index (χ0) is 17.1. The van der Waals surface area contributed by atoms with Gasteiger partial charge in [0.1, 0.15) is 11.9 Å². The van der Waals surface area contributed by atoms with Crippen molar-refractivity contribution in [2.24, 2.45) is 5.92 Å². The Labute approximate surface area is 140 Å². The topological polar surface area (TPSA) is 70.4 Å². The molecule has 126 valence electrons. The molecular formula is C18H19FN2O3. The molecule has 0 spiro atoms. The maximum absolute atomic E-state index is 14.1. The van der Waals surface area contributed by atoms with Crippen LogP contribution in [0.2, 0.25) is 0 Å². The summed E-state index contributed by atoms with van der Waals surface area (Å²) >= 11 is 0. The van der Waals surface area contributed by atoms with Crippen molar-refractivity contribution in [3.63, 3.8) is 0 Å². The van der Waals surface area contributed by atoms with Crippen LogP contribution in [0.1, 0.15) is 48.9 Å². The Kier molecular flexibility index (Phi) is 4.79. The molecule has 1 saturated carbocycles. The molecule has 24 heavy (non-hydrogen) atoms. The van der Waals surface area contributed by atoms with E-state index in [-0.39, 0.29) is 17.4 Å². The summed E-state index contributed by atoms with van der Waals surface area (Å²) in [6.45, 7) is 0.568. The highest BCUT2D eigenvalue weighted by Gasteiger charge is 2.30. The number of anilines is 1.